The van der Waals surface area contributed by atoms with Gasteiger partial charge in [-0.15, -0.1) is 0 Å². The van der Waals surface area contributed by atoms with Crippen LogP contribution < -0.4 is 0 Å². The molecule has 2 heteroatoms. The first-order valence-electron chi connectivity index (χ1n) is 16.8. The van der Waals surface area contributed by atoms with Crippen molar-refractivity contribution >= 4 is 49.3 Å². The van der Waals surface area contributed by atoms with Crippen LogP contribution in [0.15, 0.2) is 182 Å². The molecular weight excluding hydrogens is 581 g/mol. The van der Waals surface area contributed by atoms with E-state index < -0.39 is 0 Å². The molecule has 0 amide bonds. The highest BCUT2D eigenvalue weighted by atomic mass is 15.0. The lowest BCUT2D eigenvalue weighted by atomic mass is 9.86. The second-order valence-electron chi connectivity index (χ2n) is 13.0. The summed E-state index contributed by atoms with van der Waals surface area (Å²) in [4.78, 5) is 0. The van der Waals surface area contributed by atoms with Crippen LogP contribution in [0.4, 0.5) is 0 Å². The molecule has 2 heterocycles. The monoisotopic (exact) mass is 612 g/mol. The van der Waals surface area contributed by atoms with Crippen molar-refractivity contribution in [1.29, 1.82) is 0 Å². The van der Waals surface area contributed by atoms with Crippen molar-refractivity contribution in [3.63, 3.8) is 0 Å². The van der Waals surface area contributed by atoms with Crippen LogP contribution in [0.3, 0.4) is 0 Å². The number of allylic oxidation sites excluding steroid dienone is 8. The van der Waals surface area contributed by atoms with Crippen molar-refractivity contribution in [2.24, 2.45) is 5.92 Å². The van der Waals surface area contributed by atoms with Crippen molar-refractivity contribution in [2.45, 2.75) is 6.42 Å². The van der Waals surface area contributed by atoms with E-state index in [0.717, 1.165) is 6.42 Å². The zero-order valence-corrected chi connectivity index (χ0v) is 26.4. The molecule has 6 aromatic carbocycles. The van der Waals surface area contributed by atoms with E-state index in [0.29, 0.717) is 5.92 Å². The second-order valence-corrected chi connectivity index (χ2v) is 13.0. The fraction of sp³-hybridized carbons (Fsp3) is 0.0435. The van der Waals surface area contributed by atoms with Crippen molar-refractivity contribution in [3.8, 4) is 27.9 Å². The molecule has 8 aromatic rings. The van der Waals surface area contributed by atoms with Gasteiger partial charge in [0.1, 0.15) is 0 Å². The Morgan fingerprint density at radius 2 is 1.00 bits per heavy atom. The van der Waals surface area contributed by atoms with Crippen LogP contribution in [0.5, 0.6) is 0 Å². The summed E-state index contributed by atoms with van der Waals surface area (Å²) < 4.78 is 4.88. The molecule has 0 bridgehead atoms. The predicted octanol–water partition coefficient (Wildman–Crippen LogP) is 12.1. The Hall–Kier alpha value is -6.12. The lowest BCUT2D eigenvalue weighted by Gasteiger charge is -2.24. The molecule has 2 nitrogen and oxygen atoms in total. The van der Waals surface area contributed by atoms with Gasteiger partial charge >= 0.3 is 0 Å². The smallest absolute Gasteiger partial charge is 0.0541 e. The molecule has 1 unspecified atom stereocenters. The topological polar surface area (TPSA) is 9.86 Å². The number of rotatable bonds is 4. The highest BCUT2D eigenvalue weighted by Gasteiger charge is 2.21. The first-order valence-corrected chi connectivity index (χ1v) is 16.8. The number of fused-ring (bicyclic) bond motifs is 7. The van der Waals surface area contributed by atoms with Crippen molar-refractivity contribution in [3.05, 3.63) is 182 Å². The summed E-state index contributed by atoms with van der Waals surface area (Å²) in [6, 6.07) is 51.1. The Kier molecular flexibility index (Phi) is 6.04. The maximum absolute atomic E-state index is 2.48. The molecule has 0 saturated heterocycles. The molecule has 48 heavy (non-hydrogen) atoms. The third kappa shape index (κ3) is 4.19. The van der Waals surface area contributed by atoms with Gasteiger partial charge in [0.15, 0.2) is 0 Å². The summed E-state index contributed by atoms with van der Waals surface area (Å²) in [5.74, 6) is 0.432. The average molecular weight is 613 g/mol. The van der Waals surface area contributed by atoms with Crippen LogP contribution in [-0.2, 0) is 0 Å². The van der Waals surface area contributed by atoms with E-state index in [1.807, 2.05) is 0 Å². The Labute approximate surface area is 279 Å². The third-order valence-corrected chi connectivity index (χ3v) is 10.3. The molecule has 0 N–H and O–H groups in total. The van der Waals surface area contributed by atoms with Crippen LogP contribution in [-0.4, -0.2) is 9.13 Å². The second kappa shape index (κ2) is 10.7. The highest BCUT2D eigenvalue weighted by molar-refractivity contribution is 6.13. The van der Waals surface area contributed by atoms with Gasteiger partial charge in [0, 0.05) is 38.8 Å². The number of aromatic nitrogens is 2. The predicted molar refractivity (Wildman–Crippen MR) is 203 cm³/mol. The van der Waals surface area contributed by atoms with E-state index in [9.17, 15) is 0 Å². The normalized spacial score (nSPS) is 15.7. The van der Waals surface area contributed by atoms with Gasteiger partial charge in [-0.05, 0) is 88.9 Å². The molecule has 0 spiro atoms. The summed E-state index contributed by atoms with van der Waals surface area (Å²) in [6.07, 6.45) is 14.5. The molecule has 0 fully saturated rings. The minimum atomic E-state index is 0.432. The molecule has 0 saturated carbocycles. The van der Waals surface area contributed by atoms with Gasteiger partial charge < -0.3 is 9.13 Å². The summed E-state index contributed by atoms with van der Waals surface area (Å²) >= 11 is 0. The number of nitrogens with zero attached hydrogens (tertiary/aromatic N) is 2. The van der Waals surface area contributed by atoms with E-state index in [4.69, 9.17) is 0 Å². The molecule has 0 radical (unpaired) electrons. The standard InChI is InChI=1S/C46H32N2/c1-2-10-31(11-3-1)33-18-23-37(24-19-33)47-43-16-8-6-14-39(43)41-29-35(21-26-45(41)47)36-22-27-46-42(30-36)40-15-7-9-17-44(40)48(46)38-25-20-32-12-4-5-13-34(32)28-38/h1-27,29-30,34H,28H2. The quantitative estimate of drug-likeness (QED) is 0.187. The van der Waals surface area contributed by atoms with Gasteiger partial charge in [0.2, 0.25) is 0 Å². The molecule has 2 aliphatic carbocycles. The average Bonchev–Trinajstić information content (AvgIpc) is 3.67. The van der Waals surface area contributed by atoms with Crippen molar-refractivity contribution in [2.75, 3.05) is 0 Å². The fourth-order valence-corrected chi connectivity index (χ4v) is 7.94. The van der Waals surface area contributed by atoms with Gasteiger partial charge in [0.05, 0.1) is 22.1 Å². The lowest BCUT2D eigenvalue weighted by molar-refractivity contribution is 0.770. The van der Waals surface area contributed by atoms with Crippen LogP contribution in [0, 0.1) is 5.92 Å². The van der Waals surface area contributed by atoms with E-state index in [2.05, 4.69) is 185 Å². The summed E-state index contributed by atoms with van der Waals surface area (Å²) in [7, 11) is 0. The Bertz CT molecular complexity index is 2670. The molecule has 2 aromatic heterocycles. The van der Waals surface area contributed by atoms with E-state index in [-0.39, 0.29) is 0 Å². The van der Waals surface area contributed by atoms with Crippen LogP contribution in [0.2, 0.25) is 0 Å². The van der Waals surface area contributed by atoms with Crippen LogP contribution in [0.1, 0.15) is 6.42 Å². The summed E-state index contributed by atoms with van der Waals surface area (Å²) in [6.45, 7) is 0. The lowest BCUT2D eigenvalue weighted by Crippen LogP contribution is -2.10. The molecule has 226 valence electrons. The number of para-hydroxylation sites is 2. The minimum Gasteiger partial charge on any atom is -0.313 e. The maximum atomic E-state index is 2.48. The molecule has 2 aliphatic rings. The van der Waals surface area contributed by atoms with Gasteiger partial charge in [0.25, 0.3) is 0 Å². The van der Waals surface area contributed by atoms with E-state index in [1.165, 1.54) is 82.8 Å². The number of hydrogen-bond acceptors (Lipinski definition) is 0. The van der Waals surface area contributed by atoms with Gasteiger partial charge in [-0.1, -0.05) is 121 Å². The number of benzene rings is 6. The zero-order chi connectivity index (χ0) is 31.6. The maximum Gasteiger partial charge on any atom is 0.0541 e. The van der Waals surface area contributed by atoms with Crippen LogP contribution in [0.25, 0.3) is 77.2 Å². The Balaban J connectivity index is 1.10. The first-order chi connectivity index (χ1) is 23.8. The Morgan fingerprint density at radius 3 is 1.71 bits per heavy atom. The molecular formula is C46H32N2. The summed E-state index contributed by atoms with van der Waals surface area (Å²) in [5.41, 5.74) is 13.8. The Morgan fingerprint density at radius 1 is 0.438 bits per heavy atom. The van der Waals surface area contributed by atoms with E-state index >= 15 is 0 Å². The van der Waals surface area contributed by atoms with Gasteiger partial charge in [-0.25, -0.2) is 0 Å². The SMILES string of the molecule is C1=CC2=CC=C(n3c4ccccc4c4cc(-c5ccc6c(c5)c5ccccc5n6-c5ccc(-c6ccccc6)cc5)ccc43)CC2C=C1. The van der Waals surface area contributed by atoms with Gasteiger partial charge in [-0.3, -0.25) is 0 Å². The highest BCUT2D eigenvalue weighted by Crippen LogP contribution is 2.40. The third-order valence-electron chi connectivity index (χ3n) is 10.3. The van der Waals surface area contributed by atoms with Gasteiger partial charge in [-0.2, -0.15) is 0 Å². The molecule has 1 atom stereocenters. The first kappa shape index (κ1) is 27.0. The minimum absolute atomic E-state index is 0.432. The molecule has 10 rings (SSSR count). The molecule has 0 aliphatic heterocycles. The number of hydrogen-bond donors (Lipinski definition) is 0. The van der Waals surface area contributed by atoms with Crippen LogP contribution >= 0.6 is 0 Å². The van der Waals surface area contributed by atoms with E-state index in [1.54, 1.807) is 0 Å². The zero-order valence-electron chi connectivity index (χ0n) is 26.4. The summed E-state index contributed by atoms with van der Waals surface area (Å²) in [5, 5.41) is 5.12. The van der Waals surface area contributed by atoms with Crippen molar-refractivity contribution < 1.29 is 0 Å². The fourth-order valence-electron chi connectivity index (χ4n) is 7.94. The largest absolute Gasteiger partial charge is 0.313 e. The van der Waals surface area contributed by atoms with Crippen molar-refractivity contribution in [1.82, 2.24) is 9.13 Å².